The molecule has 0 fully saturated rings. The molecular formula is C22H20N2O3. The number of hydrogen-bond donors (Lipinski definition) is 2. The molecule has 3 rings (SSSR count). The molecule has 5 nitrogen and oxygen atoms in total. The number of nitrogens with one attached hydrogen (secondary N) is 2. The second-order valence-corrected chi connectivity index (χ2v) is 6.05. The molecule has 0 saturated carbocycles. The minimum atomic E-state index is -0.413. The minimum absolute atomic E-state index is 0.284. The number of amides is 2. The van der Waals surface area contributed by atoms with Gasteiger partial charge in [-0.3, -0.25) is 9.59 Å². The van der Waals surface area contributed by atoms with Crippen LogP contribution >= 0.6 is 0 Å². The Kier molecular flexibility index (Phi) is 5.84. The van der Waals surface area contributed by atoms with Crippen molar-refractivity contribution in [1.29, 1.82) is 0 Å². The van der Waals surface area contributed by atoms with Crippen molar-refractivity contribution < 1.29 is 14.3 Å². The van der Waals surface area contributed by atoms with Gasteiger partial charge in [-0.15, -0.1) is 0 Å². The second kappa shape index (κ2) is 8.67. The normalized spacial score (nSPS) is 10.1. The Labute approximate surface area is 158 Å². The molecule has 0 aliphatic rings. The number of rotatable bonds is 6. The third-order valence-corrected chi connectivity index (χ3v) is 3.76. The number of anilines is 2. The number of carbonyl (C=O) groups is 2. The van der Waals surface area contributed by atoms with E-state index in [0.717, 1.165) is 5.56 Å². The van der Waals surface area contributed by atoms with Crippen LogP contribution in [0.5, 0.6) is 11.5 Å². The molecular weight excluding hydrogens is 340 g/mol. The summed E-state index contributed by atoms with van der Waals surface area (Å²) in [4.78, 5) is 24.4. The molecule has 27 heavy (non-hydrogen) atoms. The van der Waals surface area contributed by atoms with Crippen molar-refractivity contribution in [3.05, 3.63) is 84.4 Å². The van der Waals surface area contributed by atoms with E-state index in [0.29, 0.717) is 22.9 Å². The first kappa shape index (κ1) is 18.2. The quantitative estimate of drug-likeness (QED) is 0.623. The SMILES string of the molecule is Cc1cccc(NC(=O)CC(=O)Nc2ccccc2Oc2ccccc2)c1. The highest BCUT2D eigenvalue weighted by Crippen LogP contribution is 2.29. The van der Waals surface area contributed by atoms with Crippen LogP contribution < -0.4 is 15.4 Å². The van der Waals surface area contributed by atoms with Gasteiger partial charge in [-0.1, -0.05) is 42.5 Å². The largest absolute Gasteiger partial charge is 0.455 e. The molecule has 2 N–H and O–H groups in total. The number of ether oxygens (including phenoxy) is 1. The van der Waals surface area contributed by atoms with Gasteiger partial charge in [0.15, 0.2) is 5.75 Å². The molecule has 0 unspecified atom stereocenters. The summed E-state index contributed by atoms with van der Waals surface area (Å²) in [5, 5.41) is 5.46. The maximum absolute atomic E-state index is 12.3. The van der Waals surface area contributed by atoms with Crippen molar-refractivity contribution in [2.75, 3.05) is 10.6 Å². The first-order valence-electron chi connectivity index (χ1n) is 8.58. The molecule has 0 atom stereocenters. The summed E-state index contributed by atoms with van der Waals surface area (Å²) < 4.78 is 5.81. The van der Waals surface area contributed by atoms with E-state index in [4.69, 9.17) is 4.74 Å². The van der Waals surface area contributed by atoms with Crippen LogP contribution in [0.4, 0.5) is 11.4 Å². The van der Waals surface area contributed by atoms with Crippen molar-refractivity contribution in [3.8, 4) is 11.5 Å². The molecule has 3 aromatic rings. The highest BCUT2D eigenvalue weighted by Gasteiger charge is 2.13. The van der Waals surface area contributed by atoms with Crippen LogP contribution in [0.1, 0.15) is 12.0 Å². The first-order valence-corrected chi connectivity index (χ1v) is 8.58. The third kappa shape index (κ3) is 5.44. The van der Waals surface area contributed by atoms with E-state index < -0.39 is 5.91 Å². The van der Waals surface area contributed by atoms with E-state index in [1.54, 1.807) is 24.3 Å². The third-order valence-electron chi connectivity index (χ3n) is 3.76. The van der Waals surface area contributed by atoms with Crippen LogP contribution in [0.25, 0.3) is 0 Å². The smallest absolute Gasteiger partial charge is 0.233 e. The van der Waals surface area contributed by atoms with Gasteiger partial charge in [0.25, 0.3) is 0 Å². The highest BCUT2D eigenvalue weighted by atomic mass is 16.5. The predicted octanol–water partition coefficient (Wildman–Crippen LogP) is 4.75. The number of hydrogen-bond acceptors (Lipinski definition) is 3. The summed E-state index contributed by atoms with van der Waals surface area (Å²) in [5.41, 5.74) is 2.21. The Bertz CT molecular complexity index is 939. The van der Waals surface area contributed by atoms with E-state index in [-0.39, 0.29) is 12.3 Å². The van der Waals surface area contributed by atoms with Crippen LogP contribution in [0.15, 0.2) is 78.9 Å². The van der Waals surface area contributed by atoms with E-state index in [1.807, 2.05) is 61.5 Å². The van der Waals surface area contributed by atoms with Crippen LogP contribution in [0.3, 0.4) is 0 Å². The van der Waals surface area contributed by atoms with Crippen LogP contribution in [0, 0.1) is 6.92 Å². The zero-order valence-corrected chi connectivity index (χ0v) is 14.9. The molecule has 0 radical (unpaired) electrons. The lowest BCUT2D eigenvalue weighted by atomic mass is 10.2. The average Bonchev–Trinajstić information content (AvgIpc) is 2.64. The number of aryl methyl sites for hydroxylation is 1. The van der Waals surface area contributed by atoms with Gasteiger partial charge in [0.2, 0.25) is 11.8 Å². The summed E-state index contributed by atoms with van der Waals surface area (Å²) in [5.74, 6) is 0.386. The van der Waals surface area contributed by atoms with Gasteiger partial charge in [0.1, 0.15) is 12.2 Å². The van der Waals surface area contributed by atoms with E-state index in [2.05, 4.69) is 10.6 Å². The summed E-state index contributed by atoms with van der Waals surface area (Å²) in [6, 6.07) is 23.8. The molecule has 0 aromatic heterocycles. The van der Waals surface area contributed by atoms with Crippen molar-refractivity contribution in [3.63, 3.8) is 0 Å². The molecule has 2 amide bonds. The standard InChI is InChI=1S/C22H20N2O3/c1-16-8-7-9-17(14-16)23-21(25)15-22(26)24-19-12-5-6-13-20(19)27-18-10-3-2-4-11-18/h2-14H,15H2,1H3,(H,23,25)(H,24,26). The van der Waals surface area contributed by atoms with Gasteiger partial charge < -0.3 is 15.4 Å². The molecule has 0 saturated heterocycles. The highest BCUT2D eigenvalue weighted by molar-refractivity contribution is 6.08. The lowest BCUT2D eigenvalue weighted by molar-refractivity contribution is -0.123. The van der Waals surface area contributed by atoms with Crippen LogP contribution in [0.2, 0.25) is 0 Å². The van der Waals surface area contributed by atoms with Crippen LogP contribution in [-0.2, 0) is 9.59 Å². The second-order valence-electron chi connectivity index (χ2n) is 6.05. The van der Waals surface area contributed by atoms with Gasteiger partial charge in [0, 0.05) is 5.69 Å². The van der Waals surface area contributed by atoms with Gasteiger partial charge in [-0.05, 0) is 48.9 Å². The topological polar surface area (TPSA) is 67.4 Å². The van der Waals surface area contributed by atoms with Crippen molar-refractivity contribution in [2.24, 2.45) is 0 Å². The number of benzene rings is 3. The van der Waals surface area contributed by atoms with Gasteiger partial charge >= 0.3 is 0 Å². The van der Waals surface area contributed by atoms with Crippen molar-refractivity contribution >= 4 is 23.2 Å². The summed E-state index contributed by atoms with van der Waals surface area (Å²) >= 11 is 0. The molecule has 3 aromatic carbocycles. The van der Waals surface area contributed by atoms with Gasteiger partial charge in [-0.2, -0.15) is 0 Å². The monoisotopic (exact) mass is 360 g/mol. The van der Waals surface area contributed by atoms with Gasteiger partial charge in [-0.25, -0.2) is 0 Å². The molecule has 0 spiro atoms. The van der Waals surface area contributed by atoms with E-state index in [9.17, 15) is 9.59 Å². The summed E-state index contributed by atoms with van der Waals surface area (Å²) in [7, 11) is 0. The van der Waals surface area contributed by atoms with Crippen molar-refractivity contribution in [2.45, 2.75) is 13.3 Å². The number of para-hydroxylation sites is 3. The Hall–Kier alpha value is -3.60. The molecule has 0 heterocycles. The zero-order chi connectivity index (χ0) is 19.1. The minimum Gasteiger partial charge on any atom is -0.455 e. The predicted molar refractivity (Wildman–Crippen MR) is 106 cm³/mol. The van der Waals surface area contributed by atoms with E-state index >= 15 is 0 Å². The average molecular weight is 360 g/mol. The van der Waals surface area contributed by atoms with E-state index in [1.165, 1.54) is 0 Å². The van der Waals surface area contributed by atoms with Crippen molar-refractivity contribution in [1.82, 2.24) is 0 Å². The van der Waals surface area contributed by atoms with Gasteiger partial charge in [0.05, 0.1) is 5.69 Å². The Morgan fingerprint density at radius 3 is 2.30 bits per heavy atom. The Morgan fingerprint density at radius 1 is 0.815 bits per heavy atom. The summed E-state index contributed by atoms with van der Waals surface area (Å²) in [6.07, 6.45) is -0.284. The van der Waals surface area contributed by atoms with Crippen LogP contribution in [-0.4, -0.2) is 11.8 Å². The molecule has 0 aliphatic carbocycles. The lowest BCUT2D eigenvalue weighted by Crippen LogP contribution is -2.21. The number of carbonyl (C=O) groups excluding carboxylic acids is 2. The lowest BCUT2D eigenvalue weighted by Gasteiger charge is -2.12. The molecule has 0 bridgehead atoms. The fourth-order valence-electron chi connectivity index (χ4n) is 2.54. The Morgan fingerprint density at radius 2 is 1.52 bits per heavy atom. The maximum atomic E-state index is 12.3. The molecule has 0 aliphatic heterocycles. The Balaban J connectivity index is 1.61. The fourth-order valence-corrected chi connectivity index (χ4v) is 2.54. The summed E-state index contributed by atoms with van der Waals surface area (Å²) in [6.45, 7) is 1.94. The molecule has 136 valence electrons. The zero-order valence-electron chi connectivity index (χ0n) is 14.9. The maximum Gasteiger partial charge on any atom is 0.233 e. The first-order chi connectivity index (χ1) is 13.1. The fraction of sp³-hybridized carbons (Fsp3) is 0.0909. The molecule has 5 heteroatoms.